The molecule has 1 amide bonds. The lowest BCUT2D eigenvalue weighted by Crippen LogP contribution is -2.39. The lowest BCUT2D eigenvalue weighted by molar-refractivity contribution is 0.0978. The van der Waals surface area contributed by atoms with E-state index in [-0.39, 0.29) is 24.1 Å². The predicted octanol–water partition coefficient (Wildman–Crippen LogP) is 4.37. The van der Waals surface area contributed by atoms with Crippen LogP contribution >= 0.6 is 23.7 Å². The van der Waals surface area contributed by atoms with Crippen LogP contribution in [0.2, 0.25) is 0 Å². The number of aromatic nitrogens is 3. The van der Waals surface area contributed by atoms with Crippen LogP contribution in [0.25, 0.3) is 10.2 Å². The van der Waals surface area contributed by atoms with E-state index >= 15 is 0 Å². The molecule has 0 spiro atoms. The molecule has 158 valence electrons. The molecule has 0 atom stereocenters. The van der Waals surface area contributed by atoms with E-state index in [1.807, 2.05) is 19.9 Å². The van der Waals surface area contributed by atoms with Gasteiger partial charge in [0.15, 0.2) is 10.8 Å². The molecular formula is C20H27ClFN5OS. The molecule has 0 saturated heterocycles. The number of para-hydroxylation sites is 1. The smallest absolute Gasteiger partial charge is 0.280 e. The van der Waals surface area contributed by atoms with E-state index < -0.39 is 0 Å². The fourth-order valence-electron chi connectivity index (χ4n) is 3.16. The number of aryl methyl sites for hydroxylation is 2. The van der Waals surface area contributed by atoms with Crippen LogP contribution in [0.5, 0.6) is 0 Å². The monoisotopic (exact) mass is 439 g/mol. The van der Waals surface area contributed by atoms with Gasteiger partial charge in [-0.1, -0.05) is 31.3 Å². The summed E-state index contributed by atoms with van der Waals surface area (Å²) >= 11 is 1.33. The molecule has 0 saturated carbocycles. The first-order valence-electron chi connectivity index (χ1n) is 9.62. The third-order valence-corrected chi connectivity index (χ3v) is 5.91. The van der Waals surface area contributed by atoms with Crippen molar-refractivity contribution in [3.8, 4) is 0 Å². The van der Waals surface area contributed by atoms with Gasteiger partial charge in [-0.25, -0.2) is 9.37 Å². The maximum absolute atomic E-state index is 14.1. The summed E-state index contributed by atoms with van der Waals surface area (Å²) in [6, 6.07) is 6.67. The number of nitrogens with zero attached hydrogens (tertiary/aromatic N) is 5. The number of thiazole rings is 1. The molecule has 2 aromatic heterocycles. The zero-order chi connectivity index (χ0) is 20.3. The summed E-state index contributed by atoms with van der Waals surface area (Å²) in [5, 5.41) is 4.93. The molecule has 0 aliphatic heterocycles. The highest BCUT2D eigenvalue weighted by Gasteiger charge is 2.25. The third kappa shape index (κ3) is 4.94. The SMILES string of the molecule is CCN(CC)CCN(C(=O)c1cc(C)n(CC)n1)c1nc2c(F)cccc2s1.Cl. The fourth-order valence-corrected chi connectivity index (χ4v) is 4.16. The molecular weight excluding hydrogens is 413 g/mol. The molecule has 0 bridgehead atoms. The number of carbonyl (C=O) groups excluding carboxylic acids is 1. The molecule has 2 heterocycles. The summed E-state index contributed by atoms with van der Waals surface area (Å²) in [7, 11) is 0. The van der Waals surface area contributed by atoms with Crippen molar-refractivity contribution in [2.45, 2.75) is 34.2 Å². The number of anilines is 1. The minimum Gasteiger partial charge on any atom is -0.302 e. The number of likely N-dealkylation sites (N-methyl/N-ethyl adjacent to an activating group) is 1. The van der Waals surface area contributed by atoms with Gasteiger partial charge in [0.2, 0.25) is 0 Å². The van der Waals surface area contributed by atoms with Crippen LogP contribution in [0.15, 0.2) is 24.3 Å². The number of amides is 1. The normalized spacial score (nSPS) is 11.1. The Morgan fingerprint density at radius 1 is 1.21 bits per heavy atom. The van der Waals surface area contributed by atoms with Crippen molar-refractivity contribution >= 4 is 45.0 Å². The molecule has 29 heavy (non-hydrogen) atoms. The van der Waals surface area contributed by atoms with Gasteiger partial charge in [-0.3, -0.25) is 14.4 Å². The Bertz CT molecular complexity index is 969. The number of fused-ring (bicyclic) bond motifs is 1. The minimum atomic E-state index is -0.373. The molecule has 3 aromatic rings. The topological polar surface area (TPSA) is 54.3 Å². The van der Waals surface area contributed by atoms with Gasteiger partial charge in [-0.15, -0.1) is 12.4 Å². The zero-order valence-corrected chi connectivity index (χ0v) is 18.8. The predicted molar refractivity (Wildman–Crippen MR) is 119 cm³/mol. The summed E-state index contributed by atoms with van der Waals surface area (Å²) in [4.78, 5) is 21.6. The Hall–Kier alpha value is -2.03. The molecule has 0 aliphatic carbocycles. The molecule has 0 fully saturated rings. The summed E-state index contributed by atoms with van der Waals surface area (Å²) in [5.74, 6) is -0.579. The van der Waals surface area contributed by atoms with Crippen molar-refractivity contribution in [1.29, 1.82) is 0 Å². The second-order valence-corrected chi connectivity index (χ2v) is 7.56. The van der Waals surface area contributed by atoms with Crippen molar-refractivity contribution in [2.75, 3.05) is 31.1 Å². The highest BCUT2D eigenvalue weighted by molar-refractivity contribution is 7.22. The number of hydrogen-bond donors (Lipinski definition) is 0. The molecule has 0 radical (unpaired) electrons. The van der Waals surface area contributed by atoms with Crippen molar-refractivity contribution < 1.29 is 9.18 Å². The van der Waals surface area contributed by atoms with Crippen molar-refractivity contribution in [1.82, 2.24) is 19.7 Å². The van der Waals surface area contributed by atoms with E-state index in [0.717, 1.165) is 23.5 Å². The van der Waals surface area contributed by atoms with Gasteiger partial charge in [0.05, 0.1) is 4.70 Å². The average Bonchev–Trinajstić information content (AvgIpc) is 3.29. The first kappa shape index (κ1) is 23.3. The Labute approximate surface area is 180 Å². The van der Waals surface area contributed by atoms with Crippen LogP contribution in [0.4, 0.5) is 9.52 Å². The standard InChI is InChI=1S/C20H26FN5OS.ClH/c1-5-24(6-2)11-12-25(19(27)16-13-14(4)26(7-3)23-16)20-22-18-15(21)9-8-10-17(18)28-20;/h8-10,13H,5-7,11-12H2,1-4H3;1H. The Balaban J connectivity index is 0.00000300. The second-order valence-electron chi connectivity index (χ2n) is 6.55. The van der Waals surface area contributed by atoms with Crippen LogP contribution in [-0.2, 0) is 6.54 Å². The number of halogens is 2. The summed E-state index contributed by atoms with van der Waals surface area (Å²) in [6.07, 6.45) is 0. The van der Waals surface area contributed by atoms with E-state index in [9.17, 15) is 9.18 Å². The zero-order valence-electron chi connectivity index (χ0n) is 17.2. The van der Waals surface area contributed by atoms with Crippen molar-refractivity contribution in [3.05, 3.63) is 41.5 Å². The third-order valence-electron chi connectivity index (χ3n) is 4.87. The quantitative estimate of drug-likeness (QED) is 0.523. The maximum atomic E-state index is 14.1. The molecule has 1 aromatic carbocycles. The lowest BCUT2D eigenvalue weighted by atomic mass is 10.3. The Kier molecular flexibility index (Phi) is 8.13. The van der Waals surface area contributed by atoms with Gasteiger partial charge < -0.3 is 4.90 Å². The second kappa shape index (κ2) is 10.1. The van der Waals surface area contributed by atoms with Gasteiger partial charge in [-0.2, -0.15) is 5.10 Å². The van der Waals surface area contributed by atoms with E-state index in [1.54, 1.807) is 21.7 Å². The highest BCUT2D eigenvalue weighted by Crippen LogP contribution is 2.31. The molecule has 0 aliphatic rings. The van der Waals surface area contributed by atoms with Crippen LogP contribution in [0.3, 0.4) is 0 Å². The van der Waals surface area contributed by atoms with E-state index in [4.69, 9.17) is 0 Å². The van der Waals surface area contributed by atoms with Gasteiger partial charge in [0, 0.05) is 25.3 Å². The largest absolute Gasteiger partial charge is 0.302 e. The van der Waals surface area contributed by atoms with Gasteiger partial charge in [0.1, 0.15) is 11.3 Å². The van der Waals surface area contributed by atoms with Crippen LogP contribution in [-0.4, -0.2) is 51.8 Å². The summed E-state index contributed by atoms with van der Waals surface area (Å²) in [5.41, 5.74) is 1.63. The van der Waals surface area contributed by atoms with Gasteiger partial charge in [0.25, 0.3) is 5.91 Å². The van der Waals surface area contributed by atoms with Crippen LogP contribution < -0.4 is 4.90 Å². The number of benzene rings is 1. The lowest BCUT2D eigenvalue weighted by Gasteiger charge is -2.24. The summed E-state index contributed by atoms with van der Waals surface area (Å²) < 4.78 is 16.7. The number of carbonyl (C=O) groups is 1. The first-order chi connectivity index (χ1) is 13.5. The van der Waals surface area contributed by atoms with Crippen LogP contribution in [0, 0.1) is 12.7 Å². The molecule has 6 nitrogen and oxygen atoms in total. The number of hydrogen-bond acceptors (Lipinski definition) is 5. The van der Waals surface area contributed by atoms with E-state index in [1.165, 1.54) is 17.4 Å². The highest BCUT2D eigenvalue weighted by atomic mass is 35.5. The van der Waals surface area contributed by atoms with Gasteiger partial charge >= 0.3 is 0 Å². The van der Waals surface area contributed by atoms with E-state index in [0.29, 0.717) is 36.0 Å². The molecule has 0 N–H and O–H groups in total. The van der Waals surface area contributed by atoms with Crippen molar-refractivity contribution in [2.24, 2.45) is 0 Å². The molecule has 9 heteroatoms. The van der Waals surface area contributed by atoms with Crippen molar-refractivity contribution in [3.63, 3.8) is 0 Å². The maximum Gasteiger partial charge on any atom is 0.280 e. The fraction of sp³-hybridized carbons (Fsp3) is 0.450. The Morgan fingerprint density at radius 3 is 2.52 bits per heavy atom. The minimum absolute atomic E-state index is 0. The van der Waals surface area contributed by atoms with Gasteiger partial charge in [-0.05, 0) is 45.1 Å². The summed E-state index contributed by atoms with van der Waals surface area (Å²) in [6.45, 7) is 11.8. The molecule has 3 rings (SSSR count). The van der Waals surface area contributed by atoms with E-state index in [2.05, 4.69) is 28.8 Å². The average molecular weight is 440 g/mol. The Morgan fingerprint density at radius 2 is 1.93 bits per heavy atom. The van der Waals surface area contributed by atoms with Crippen LogP contribution in [0.1, 0.15) is 37.0 Å². The first-order valence-corrected chi connectivity index (χ1v) is 10.4. The number of rotatable bonds is 8. The molecule has 0 unspecified atom stereocenters.